The summed E-state index contributed by atoms with van der Waals surface area (Å²) in [4.78, 5) is 50.3. The molecule has 2 aromatic heterocycles. The van der Waals surface area contributed by atoms with E-state index < -0.39 is 11.3 Å². The number of ketones is 2. The smallest absolute Gasteiger partial charge is 0.347 e. The van der Waals surface area contributed by atoms with Gasteiger partial charge in [-0.05, 0) is 38.8 Å². The van der Waals surface area contributed by atoms with E-state index in [1.54, 1.807) is 78.9 Å². The van der Waals surface area contributed by atoms with Gasteiger partial charge in [-0.25, -0.2) is 9.59 Å². The zero-order chi connectivity index (χ0) is 38.5. The zero-order valence-corrected chi connectivity index (χ0v) is 31.0. The van der Waals surface area contributed by atoms with Crippen molar-refractivity contribution >= 4 is 33.5 Å². The summed E-state index contributed by atoms with van der Waals surface area (Å²) < 4.78 is 33.7. The normalized spacial score (nSPS) is 10.7. The van der Waals surface area contributed by atoms with Gasteiger partial charge in [0.15, 0.2) is 11.6 Å². The van der Waals surface area contributed by atoms with Crippen molar-refractivity contribution in [3.8, 4) is 23.0 Å². The molecule has 0 amide bonds. The van der Waals surface area contributed by atoms with Gasteiger partial charge in [-0.1, -0.05) is 87.4 Å². The van der Waals surface area contributed by atoms with Crippen LogP contribution in [0.15, 0.2) is 115 Å². The molecule has 280 valence electrons. The lowest BCUT2D eigenvalue weighted by molar-refractivity contribution is 0.102. The molecule has 4 aromatic carbocycles. The molecule has 0 radical (unpaired) electrons. The minimum absolute atomic E-state index is 0.0105. The molecule has 0 fully saturated rings. The van der Waals surface area contributed by atoms with E-state index in [4.69, 9.17) is 27.8 Å². The predicted octanol–water partition coefficient (Wildman–Crippen LogP) is 9.20. The lowest BCUT2D eigenvalue weighted by Gasteiger charge is -2.12. The second-order valence-corrected chi connectivity index (χ2v) is 12.2. The fraction of sp³-hybridized carbons (Fsp3) is 0.273. The van der Waals surface area contributed by atoms with Crippen LogP contribution >= 0.6 is 0 Å². The van der Waals surface area contributed by atoms with Crippen LogP contribution in [0.25, 0.3) is 21.9 Å². The van der Waals surface area contributed by atoms with Crippen molar-refractivity contribution in [3.63, 3.8) is 0 Å². The Morgan fingerprint density at radius 1 is 0.519 bits per heavy atom. The summed E-state index contributed by atoms with van der Waals surface area (Å²) in [6.07, 6.45) is 3.85. The van der Waals surface area contributed by atoms with Crippen LogP contribution in [0, 0.1) is 0 Å². The number of ether oxygens (including phenoxy) is 4. The Labute approximate surface area is 313 Å². The summed E-state index contributed by atoms with van der Waals surface area (Å²) in [5.74, 6) is 1.44. The van der Waals surface area contributed by atoms with Gasteiger partial charge in [-0.15, -0.1) is 0 Å². The van der Waals surface area contributed by atoms with Gasteiger partial charge in [-0.2, -0.15) is 0 Å². The Kier molecular flexibility index (Phi) is 13.8. The second-order valence-electron chi connectivity index (χ2n) is 12.2. The van der Waals surface area contributed by atoms with E-state index in [1.807, 2.05) is 26.0 Å². The number of carbonyl (C=O) groups excluding carboxylic acids is 2. The first kappa shape index (κ1) is 39.1. The summed E-state index contributed by atoms with van der Waals surface area (Å²) in [5.41, 5.74) is 0.149. The fourth-order valence-electron chi connectivity index (χ4n) is 5.52. The van der Waals surface area contributed by atoms with Crippen LogP contribution in [0.1, 0.15) is 85.2 Å². The molecule has 10 heteroatoms. The monoisotopic (exact) mass is 732 g/mol. The van der Waals surface area contributed by atoms with Gasteiger partial charge in [0, 0.05) is 35.4 Å². The number of fused-ring (bicyclic) bond motifs is 2. The Morgan fingerprint density at radius 2 is 0.944 bits per heavy atom. The third-order valence-corrected chi connectivity index (χ3v) is 8.27. The Balaban J connectivity index is 0.000000210. The largest absolute Gasteiger partial charge is 0.494 e. The molecule has 0 atom stereocenters. The zero-order valence-electron chi connectivity index (χ0n) is 31.0. The summed E-state index contributed by atoms with van der Waals surface area (Å²) in [7, 11) is 0. The molecule has 6 rings (SSSR count). The summed E-state index contributed by atoms with van der Waals surface area (Å²) >= 11 is 0. The first-order valence-electron chi connectivity index (χ1n) is 18.2. The van der Waals surface area contributed by atoms with Gasteiger partial charge < -0.3 is 27.8 Å². The number of carbonyl (C=O) groups is 2. The number of rotatable bonds is 16. The third kappa shape index (κ3) is 9.63. The number of unbranched alkanes of at least 4 members (excludes halogenated alkanes) is 2. The molecule has 0 bridgehead atoms. The van der Waals surface area contributed by atoms with Gasteiger partial charge in [0.25, 0.3) is 0 Å². The van der Waals surface area contributed by atoms with Gasteiger partial charge in [-0.3, -0.25) is 9.59 Å². The van der Waals surface area contributed by atoms with Crippen molar-refractivity contribution in [2.75, 3.05) is 26.4 Å². The lowest BCUT2D eigenvalue weighted by atomic mass is 10.0. The molecule has 0 aliphatic rings. The van der Waals surface area contributed by atoms with Gasteiger partial charge in [0.05, 0.1) is 37.2 Å². The maximum absolute atomic E-state index is 12.8. The van der Waals surface area contributed by atoms with E-state index in [9.17, 15) is 19.2 Å². The minimum Gasteiger partial charge on any atom is -0.494 e. The number of hydrogen-bond donors (Lipinski definition) is 0. The highest BCUT2D eigenvalue weighted by Gasteiger charge is 2.20. The number of hydrogen-bond acceptors (Lipinski definition) is 10. The molecule has 0 aliphatic heterocycles. The molecule has 0 saturated carbocycles. The van der Waals surface area contributed by atoms with Crippen LogP contribution in [0.5, 0.6) is 23.0 Å². The first-order chi connectivity index (χ1) is 26.3. The molecule has 54 heavy (non-hydrogen) atoms. The highest BCUT2D eigenvalue weighted by Crippen LogP contribution is 2.33. The van der Waals surface area contributed by atoms with Gasteiger partial charge in [0.2, 0.25) is 0 Å². The molecule has 0 saturated heterocycles. The molecule has 0 aliphatic carbocycles. The summed E-state index contributed by atoms with van der Waals surface area (Å²) in [5, 5.41) is 1.15. The molecule has 0 N–H and O–H groups in total. The standard InChI is InChI=1S/C24H26O5.C20H18O5/c1-3-5-12-27-18-14-21(28-13-6-4-2)19-16-20(24(26)29-22(19)15-18)23(25)17-10-8-7-9-11-17;1-3-23-14-10-17(24-4-2)15-12-16(20(22)25-18(15)11-14)19(21)13-8-6-5-7-9-13/h7-11,14-16H,3-6,12-13H2,1-2H3;5-12H,3-4H2,1-2H3. The molecular formula is C44H44O10. The highest BCUT2D eigenvalue weighted by molar-refractivity contribution is 6.11. The van der Waals surface area contributed by atoms with Crippen molar-refractivity contribution < 1.29 is 37.4 Å². The van der Waals surface area contributed by atoms with Crippen molar-refractivity contribution in [2.24, 2.45) is 0 Å². The molecule has 2 heterocycles. The molecule has 0 spiro atoms. The highest BCUT2D eigenvalue weighted by atomic mass is 16.5. The topological polar surface area (TPSA) is 131 Å². The van der Waals surface area contributed by atoms with Crippen molar-refractivity contribution in [2.45, 2.75) is 53.4 Å². The lowest BCUT2D eigenvalue weighted by Crippen LogP contribution is -2.15. The average molecular weight is 733 g/mol. The van der Waals surface area contributed by atoms with Crippen molar-refractivity contribution in [1.29, 1.82) is 0 Å². The Morgan fingerprint density at radius 3 is 1.39 bits per heavy atom. The number of benzene rings is 4. The van der Waals surface area contributed by atoms with E-state index in [-0.39, 0.29) is 22.7 Å². The van der Waals surface area contributed by atoms with Crippen LogP contribution in [-0.4, -0.2) is 38.0 Å². The fourth-order valence-corrected chi connectivity index (χ4v) is 5.52. The van der Waals surface area contributed by atoms with Gasteiger partial charge >= 0.3 is 11.3 Å². The van der Waals surface area contributed by atoms with Crippen molar-refractivity contribution in [3.05, 3.63) is 140 Å². The maximum atomic E-state index is 12.8. The van der Waals surface area contributed by atoms with Crippen molar-refractivity contribution in [1.82, 2.24) is 0 Å². The molecule has 0 unspecified atom stereocenters. The maximum Gasteiger partial charge on any atom is 0.347 e. The van der Waals surface area contributed by atoms with Gasteiger partial charge in [0.1, 0.15) is 45.3 Å². The SMILES string of the molecule is CCCCOc1cc(OCCCC)c2cc(C(=O)c3ccccc3)c(=O)oc2c1.CCOc1cc(OCC)c2cc(C(=O)c3ccccc3)c(=O)oc2c1. The molecule has 6 aromatic rings. The Bertz CT molecular complexity index is 2310. The molecular weight excluding hydrogens is 688 g/mol. The van der Waals surface area contributed by atoms with E-state index in [0.29, 0.717) is 82.5 Å². The second kappa shape index (κ2) is 19.1. The minimum atomic E-state index is -0.683. The van der Waals surface area contributed by atoms with E-state index >= 15 is 0 Å². The van der Waals surface area contributed by atoms with Crippen LogP contribution in [0.4, 0.5) is 0 Å². The first-order valence-corrected chi connectivity index (χ1v) is 18.2. The summed E-state index contributed by atoms with van der Waals surface area (Å²) in [6.45, 7) is 9.92. The van der Waals surface area contributed by atoms with E-state index in [1.165, 1.54) is 6.07 Å². The van der Waals surface area contributed by atoms with Crippen LogP contribution in [0.2, 0.25) is 0 Å². The Hall–Kier alpha value is -6.16. The molecule has 10 nitrogen and oxygen atoms in total. The van der Waals surface area contributed by atoms with E-state index in [2.05, 4.69) is 13.8 Å². The van der Waals surface area contributed by atoms with Crippen LogP contribution in [0.3, 0.4) is 0 Å². The quantitative estimate of drug-likeness (QED) is 0.0539. The predicted molar refractivity (Wildman–Crippen MR) is 208 cm³/mol. The third-order valence-electron chi connectivity index (χ3n) is 8.27. The van der Waals surface area contributed by atoms with Crippen LogP contribution in [-0.2, 0) is 0 Å². The average Bonchev–Trinajstić information content (AvgIpc) is 3.18. The van der Waals surface area contributed by atoms with E-state index in [0.717, 1.165) is 25.7 Å². The van der Waals surface area contributed by atoms with Crippen LogP contribution < -0.4 is 30.2 Å². The summed E-state index contributed by atoms with van der Waals surface area (Å²) in [6, 6.07) is 27.2.